The molecule has 1 aromatic carbocycles. The molecule has 17 heavy (non-hydrogen) atoms. The van der Waals surface area contributed by atoms with Crippen molar-refractivity contribution in [3.63, 3.8) is 0 Å². The van der Waals surface area contributed by atoms with Crippen LogP contribution in [0, 0.1) is 11.2 Å². The van der Waals surface area contributed by atoms with Gasteiger partial charge in [0.2, 0.25) is 0 Å². The number of rotatable bonds is 2. The van der Waals surface area contributed by atoms with Gasteiger partial charge in [-0.25, -0.2) is 4.39 Å². The number of hydrogen-bond donors (Lipinski definition) is 1. The van der Waals surface area contributed by atoms with Crippen molar-refractivity contribution < 1.29 is 4.39 Å². The molecule has 0 heterocycles. The van der Waals surface area contributed by atoms with Gasteiger partial charge in [-0.05, 0) is 40.3 Å². The molecule has 0 saturated heterocycles. The van der Waals surface area contributed by atoms with Gasteiger partial charge in [-0.15, -0.1) is 0 Å². The highest BCUT2D eigenvalue weighted by atomic mass is 79.9. The molecule has 3 heteroatoms. The lowest BCUT2D eigenvalue weighted by molar-refractivity contribution is 0.167. The van der Waals surface area contributed by atoms with E-state index in [0.29, 0.717) is 10.0 Å². The Labute approximate surface area is 111 Å². The second-order valence-electron chi connectivity index (χ2n) is 5.34. The standard InChI is InChI=1S/C14H19BrFN/c1-14(8-3-2-4-9-14)13(17)10-6-5-7-11(15)12(10)16/h5-7,13H,2-4,8-9,17H2,1H3. The van der Waals surface area contributed by atoms with Gasteiger partial charge in [0.1, 0.15) is 5.82 Å². The predicted molar refractivity (Wildman–Crippen MR) is 72.2 cm³/mol. The molecule has 1 nitrogen and oxygen atoms in total. The Bertz CT molecular complexity index is 399. The molecule has 1 saturated carbocycles. The second-order valence-corrected chi connectivity index (χ2v) is 6.19. The van der Waals surface area contributed by atoms with Crippen molar-refractivity contribution in [2.75, 3.05) is 0 Å². The summed E-state index contributed by atoms with van der Waals surface area (Å²) in [7, 11) is 0. The number of hydrogen-bond acceptors (Lipinski definition) is 1. The van der Waals surface area contributed by atoms with Gasteiger partial charge in [-0.1, -0.05) is 38.3 Å². The normalized spacial score (nSPS) is 21.2. The fraction of sp³-hybridized carbons (Fsp3) is 0.571. The topological polar surface area (TPSA) is 26.0 Å². The van der Waals surface area contributed by atoms with E-state index in [9.17, 15) is 4.39 Å². The number of halogens is 2. The minimum Gasteiger partial charge on any atom is -0.323 e. The average molecular weight is 300 g/mol. The van der Waals surface area contributed by atoms with Crippen LogP contribution in [-0.2, 0) is 0 Å². The van der Waals surface area contributed by atoms with Crippen LogP contribution in [0.2, 0.25) is 0 Å². The van der Waals surface area contributed by atoms with Crippen molar-refractivity contribution in [3.05, 3.63) is 34.1 Å². The van der Waals surface area contributed by atoms with Crippen LogP contribution in [0.1, 0.15) is 50.6 Å². The van der Waals surface area contributed by atoms with Crippen LogP contribution in [0.5, 0.6) is 0 Å². The molecule has 1 atom stereocenters. The van der Waals surface area contributed by atoms with E-state index in [1.54, 1.807) is 6.07 Å². The van der Waals surface area contributed by atoms with Gasteiger partial charge >= 0.3 is 0 Å². The van der Waals surface area contributed by atoms with Crippen molar-refractivity contribution in [1.82, 2.24) is 0 Å². The molecule has 0 spiro atoms. The summed E-state index contributed by atoms with van der Waals surface area (Å²) < 4.78 is 14.6. The smallest absolute Gasteiger partial charge is 0.142 e. The van der Waals surface area contributed by atoms with E-state index in [-0.39, 0.29) is 17.3 Å². The summed E-state index contributed by atoms with van der Waals surface area (Å²) in [6.07, 6.45) is 5.89. The monoisotopic (exact) mass is 299 g/mol. The molecule has 1 aliphatic rings. The van der Waals surface area contributed by atoms with Gasteiger partial charge < -0.3 is 5.73 Å². The van der Waals surface area contributed by atoms with Crippen LogP contribution in [0.15, 0.2) is 22.7 Å². The van der Waals surface area contributed by atoms with Crippen LogP contribution in [-0.4, -0.2) is 0 Å². The Kier molecular flexibility index (Phi) is 3.88. The molecule has 94 valence electrons. The SMILES string of the molecule is CC1(C(N)c2cccc(Br)c2F)CCCCC1. The van der Waals surface area contributed by atoms with Crippen molar-refractivity contribution in [2.24, 2.45) is 11.1 Å². The highest BCUT2D eigenvalue weighted by Crippen LogP contribution is 2.45. The first-order valence-electron chi connectivity index (χ1n) is 6.24. The summed E-state index contributed by atoms with van der Waals surface area (Å²) in [6, 6.07) is 5.17. The summed E-state index contributed by atoms with van der Waals surface area (Å²) in [5, 5.41) is 0. The molecular formula is C14H19BrFN. The van der Waals surface area contributed by atoms with Crippen molar-refractivity contribution in [3.8, 4) is 0 Å². The first kappa shape index (κ1) is 13.0. The maximum Gasteiger partial charge on any atom is 0.142 e. The summed E-state index contributed by atoms with van der Waals surface area (Å²) in [6.45, 7) is 2.19. The van der Waals surface area contributed by atoms with Crippen LogP contribution < -0.4 is 5.73 Å². The van der Waals surface area contributed by atoms with Crippen LogP contribution >= 0.6 is 15.9 Å². The Hall–Kier alpha value is -0.410. The lowest BCUT2D eigenvalue weighted by Gasteiger charge is -2.39. The van der Waals surface area contributed by atoms with E-state index < -0.39 is 0 Å². The average Bonchev–Trinajstić information content (AvgIpc) is 2.33. The summed E-state index contributed by atoms with van der Waals surface area (Å²) in [5.74, 6) is -0.202. The second kappa shape index (κ2) is 5.07. The van der Waals surface area contributed by atoms with E-state index in [1.165, 1.54) is 19.3 Å². The zero-order valence-electron chi connectivity index (χ0n) is 10.2. The largest absolute Gasteiger partial charge is 0.323 e. The van der Waals surface area contributed by atoms with E-state index in [0.717, 1.165) is 12.8 Å². The maximum absolute atomic E-state index is 14.1. The highest BCUT2D eigenvalue weighted by Gasteiger charge is 2.35. The van der Waals surface area contributed by atoms with Crippen LogP contribution in [0.4, 0.5) is 4.39 Å². The van der Waals surface area contributed by atoms with Gasteiger partial charge in [0.05, 0.1) is 4.47 Å². The molecule has 0 aliphatic heterocycles. The molecule has 0 amide bonds. The van der Waals surface area contributed by atoms with E-state index in [4.69, 9.17) is 5.73 Å². The zero-order chi connectivity index (χ0) is 12.5. The van der Waals surface area contributed by atoms with Gasteiger partial charge in [0.25, 0.3) is 0 Å². The Morgan fingerprint density at radius 1 is 1.29 bits per heavy atom. The Morgan fingerprint density at radius 3 is 2.59 bits per heavy atom. The lowest BCUT2D eigenvalue weighted by Crippen LogP contribution is -2.34. The molecule has 2 rings (SSSR count). The first-order valence-corrected chi connectivity index (χ1v) is 7.03. The first-order chi connectivity index (χ1) is 8.04. The van der Waals surface area contributed by atoms with Crippen LogP contribution in [0.3, 0.4) is 0 Å². The summed E-state index contributed by atoms with van der Waals surface area (Å²) in [5.41, 5.74) is 7.00. The third-order valence-electron chi connectivity index (χ3n) is 4.06. The molecule has 0 bridgehead atoms. The quantitative estimate of drug-likeness (QED) is 0.851. The fourth-order valence-corrected chi connectivity index (χ4v) is 3.19. The lowest BCUT2D eigenvalue weighted by atomic mass is 9.69. The number of nitrogens with two attached hydrogens (primary N) is 1. The Morgan fingerprint density at radius 2 is 1.94 bits per heavy atom. The van der Waals surface area contributed by atoms with Gasteiger partial charge in [0.15, 0.2) is 0 Å². The maximum atomic E-state index is 14.1. The van der Waals surface area contributed by atoms with Gasteiger partial charge in [-0.3, -0.25) is 0 Å². The number of benzene rings is 1. The summed E-state index contributed by atoms with van der Waals surface area (Å²) >= 11 is 3.23. The summed E-state index contributed by atoms with van der Waals surface area (Å²) in [4.78, 5) is 0. The molecule has 0 radical (unpaired) electrons. The molecule has 0 aromatic heterocycles. The molecule has 1 aromatic rings. The fourth-order valence-electron chi connectivity index (χ4n) is 2.81. The molecule has 1 fully saturated rings. The molecule has 1 aliphatic carbocycles. The minimum absolute atomic E-state index is 0.0416. The Balaban J connectivity index is 2.29. The third-order valence-corrected chi connectivity index (χ3v) is 4.68. The van der Waals surface area contributed by atoms with Gasteiger partial charge in [-0.2, -0.15) is 0 Å². The highest BCUT2D eigenvalue weighted by molar-refractivity contribution is 9.10. The zero-order valence-corrected chi connectivity index (χ0v) is 11.8. The van der Waals surface area contributed by atoms with Crippen molar-refractivity contribution in [2.45, 2.75) is 45.1 Å². The van der Waals surface area contributed by atoms with Crippen molar-refractivity contribution in [1.29, 1.82) is 0 Å². The van der Waals surface area contributed by atoms with E-state index in [1.807, 2.05) is 12.1 Å². The van der Waals surface area contributed by atoms with E-state index >= 15 is 0 Å². The van der Waals surface area contributed by atoms with Crippen LogP contribution in [0.25, 0.3) is 0 Å². The predicted octanol–water partition coefficient (Wildman–Crippen LogP) is 4.56. The molecule has 2 N–H and O–H groups in total. The van der Waals surface area contributed by atoms with Gasteiger partial charge in [0, 0.05) is 11.6 Å². The molecular weight excluding hydrogens is 281 g/mol. The van der Waals surface area contributed by atoms with E-state index in [2.05, 4.69) is 22.9 Å². The van der Waals surface area contributed by atoms with Crippen molar-refractivity contribution >= 4 is 15.9 Å². The minimum atomic E-state index is -0.208. The molecule has 1 unspecified atom stereocenters. The third kappa shape index (κ3) is 2.55.